The highest BCUT2D eigenvalue weighted by Gasteiger charge is 2.10. The molecule has 1 aromatic carbocycles. The summed E-state index contributed by atoms with van der Waals surface area (Å²) in [5, 5.41) is 0. The molecule has 0 saturated heterocycles. The molecule has 0 radical (unpaired) electrons. The highest BCUT2D eigenvalue weighted by atomic mass is 79.9. The third-order valence-corrected chi connectivity index (χ3v) is 2.51. The van der Waals surface area contributed by atoms with Crippen LogP contribution in [0.5, 0.6) is 0 Å². The van der Waals surface area contributed by atoms with Gasteiger partial charge in [-0.1, -0.05) is 15.9 Å². The summed E-state index contributed by atoms with van der Waals surface area (Å²) in [6.45, 7) is 0.475. The summed E-state index contributed by atoms with van der Waals surface area (Å²) in [7, 11) is 0. The molecule has 0 aromatic heterocycles. The van der Waals surface area contributed by atoms with E-state index in [4.69, 9.17) is 5.73 Å². The van der Waals surface area contributed by atoms with Gasteiger partial charge in [-0.3, -0.25) is 0 Å². The quantitative estimate of drug-likeness (QED) is 0.820. The van der Waals surface area contributed by atoms with Crippen LogP contribution in [-0.4, -0.2) is 6.54 Å². The van der Waals surface area contributed by atoms with Crippen LogP contribution in [0.15, 0.2) is 16.6 Å². The monoisotopic (exact) mass is 249 g/mol. The van der Waals surface area contributed by atoms with Gasteiger partial charge in [-0.2, -0.15) is 0 Å². The molecule has 2 N–H and O–H groups in total. The van der Waals surface area contributed by atoms with E-state index in [0.717, 1.165) is 6.07 Å². The van der Waals surface area contributed by atoms with Crippen molar-refractivity contribution in [3.05, 3.63) is 33.8 Å². The van der Waals surface area contributed by atoms with E-state index in [1.165, 1.54) is 6.07 Å². The van der Waals surface area contributed by atoms with Crippen LogP contribution in [0, 0.1) is 11.6 Å². The SMILES string of the molecule is NCCCc1c(Br)ccc(F)c1F. The minimum atomic E-state index is -0.810. The van der Waals surface area contributed by atoms with Gasteiger partial charge in [0, 0.05) is 10.0 Å². The van der Waals surface area contributed by atoms with Crippen LogP contribution in [0.2, 0.25) is 0 Å². The van der Waals surface area contributed by atoms with Gasteiger partial charge in [0.05, 0.1) is 0 Å². The molecular weight excluding hydrogens is 240 g/mol. The Morgan fingerprint density at radius 3 is 2.62 bits per heavy atom. The fraction of sp³-hybridized carbons (Fsp3) is 0.333. The first-order chi connectivity index (χ1) is 6.16. The molecule has 0 heterocycles. The Hall–Kier alpha value is -0.480. The highest BCUT2D eigenvalue weighted by molar-refractivity contribution is 9.10. The topological polar surface area (TPSA) is 26.0 Å². The third-order valence-electron chi connectivity index (χ3n) is 1.77. The summed E-state index contributed by atoms with van der Waals surface area (Å²) in [4.78, 5) is 0. The van der Waals surface area contributed by atoms with E-state index in [2.05, 4.69) is 15.9 Å². The molecule has 0 aliphatic rings. The van der Waals surface area contributed by atoms with Crippen molar-refractivity contribution in [2.45, 2.75) is 12.8 Å². The van der Waals surface area contributed by atoms with Gasteiger partial charge in [-0.15, -0.1) is 0 Å². The summed E-state index contributed by atoms with van der Waals surface area (Å²) in [6, 6.07) is 2.61. The number of benzene rings is 1. The molecule has 0 amide bonds. The van der Waals surface area contributed by atoms with E-state index in [1.807, 2.05) is 0 Å². The van der Waals surface area contributed by atoms with E-state index >= 15 is 0 Å². The van der Waals surface area contributed by atoms with Crippen LogP contribution >= 0.6 is 15.9 Å². The molecule has 0 aliphatic heterocycles. The average Bonchev–Trinajstić information content (AvgIpc) is 2.12. The summed E-state index contributed by atoms with van der Waals surface area (Å²) in [5.74, 6) is -1.59. The fourth-order valence-electron chi connectivity index (χ4n) is 1.08. The molecule has 1 rings (SSSR count). The predicted molar refractivity (Wildman–Crippen MR) is 51.4 cm³/mol. The van der Waals surface area contributed by atoms with Crippen molar-refractivity contribution in [3.8, 4) is 0 Å². The highest BCUT2D eigenvalue weighted by Crippen LogP contribution is 2.23. The Morgan fingerprint density at radius 2 is 2.00 bits per heavy atom. The second-order valence-electron chi connectivity index (χ2n) is 2.71. The predicted octanol–water partition coefficient (Wildman–Crippen LogP) is 2.62. The number of rotatable bonds is 3. The Morgan fingerprint density at radius 1 is 1.31 bits per heavy atom. The Bertz CT molecular complexity index is 302. The molecule has 1 aromatic rings. The van der Waals surface area contributed by atoms with Gasteiger partial charge in [0.1, 0.15) is 0 Å². The number of halogens is 3. The molecule has 4 heteroatoms. The van der Waals surface area contributed by atoms with E-state index in [9.17, 15) is 8.78 Å². The van der Waals surface area contributed by atoms with Crippen LogP contribution in [-0.2, 0) is 6.42 Å². The molecule has 0 aliphatic carbocycles. The van der Waals surface area contributed by atoms with Gasteiger partial charge in [0.15, 0.2) is 11.6 Å². The maximum atomic E-state index is 13.1. The zero-order valence-electron chi connectivity index (χ0n) is 6.99. The van der Waals surface area contributed by atoms with E-state index < -0.39 is 11.6 Å². The first-order valence-corrected chi connectivity index (χ1v) is 4.78. The maximum Gasteiger partial charge on any atom is 0.163 e. The lowest BCUT2D eigenvalue weighted by atomic mass is 10.1. The molecule has 0 saturated carbocycles. The molecule has 0 spiro atoms. The van der Waals surface area contributed by atoms with Crippen molar-refractivity contribution < 1.29 is 8.78 Å². The lowest BCUT2D eigenvalue weighted by molar-refractivity contribution is 0.496. The van der Waals surface area contributed by atoms with E-state index in [1.54, 1.807) is 0 Å². The lowest BCUT2D eigenvalue weighted by Gasteiger charge is -2.05. The normalized spacial score (nSPS) is 10.5. The van der Waals surface area contributed by atoms with Gasteiger partial charge >= 0.3 is 0 Å². The molecule has 0 fully saturated rings. The summed E-state index contributed by atoms with van der Waals surface area (Å²) in [5.41, 5.74) is 5.65. The Labute approximate surface area is 84.1 Å². The van der Waals surface area contributed by atoms with Crippen molar-refractivity contribution in [2.75, 3.05) is 6.54 Å². The van der Waals surface area contributed by atoms with Crippen LogP contribution in [0.4, 0.5) is 8.78 Å². The number of hydrogen-bond acceptors (Lipinski definition) is 1. The van der Waals surface area contributed by atoms with Gasteiger partial charge in [0.25, 0.3) is 0 Å². The molecule has 13 heavy (non-hydrogen) atoms. The zero-order chi connectivity index (χ0) is 9.84. The largest absolute Gasteiger partial charge is 0.330 e. The molecule has 1 nitrogen and oxygen atoms in total. The van der Waals surface area contributed by atoms with Crippen molar-refractivity contribution in [2.24, 2.45) is 5.73 Å². The zero-order valence-corrected chi connectivity index (χ0v) is 8.57. The molecule has 0 unspecified atom stereocenters. The van der Waals surface area contributed by atoms with Gasteiger partial charge in [0.2, 0.25) is 0 Å². The van der Waals surface area contributed by atoms with Gasteiger partial charge < -0.3 is 5.73 Å². The summed E-state index contributed by atoms with van der Waals surface area (Å²) < 4.78 is 26.5. The smallest absolute Gasteiger partial charge is 0.163 e. The summed E-state index contributed by atoms with van der Waals surface area (Å²) in [6.07, 6.45) is 1.11. The molecular formula is C9H10BrF2N. The van der Waals surface area contributed by atoms with Crippen LogP contribution in [0.25, 0.3) is 0 Å². The maximum absolute atomic E-state index is 13.1. The van der Waals surface area contributed by atoms with Crippen LogP contribution in [0.1, 0.15) is 12.0 Å². The minimum absolute atomic E-state index is 0.366. The molecule has 0 bridgehead atoms. The van der Waals surface area contributed by atoms with Gasteiger partial charge in [-0.25, -0.2) is 8.78 Å². The molecule has 0 atom stereocenters. The first kappa shape index (κ1) is 10.6. The van der Waals surface area contributed by atoms with Crippen molar-refractivity contribution in [3.63, 3.8) is 0 Å². The Balaban J connectivity index is 2.96. The van der Waals surface area contributed by atoms with Crippen molar-refractivity contribution in [1.82, 2.24) is 0 Å². The third kappa shape index (κ3) is 2.48. The van der Waals surface area contributed by atoms with Crippen LogP contribution < -0.4 is 5.73 Å². The van der Waals surface area contributed by atoms with E-state index in [0.29, 0.717) is 29.4 Å². The summed E-state index contributed by atoms with van der Waals surface area (Å²) >= 11 is 3.16. The first-order valence-electron chi connectivity index (χ1n) is 3.99. The lowest BCUT2D eigenvalue weighted by Crippen LogP contribution is -2.03. The second kappa shape index (κ2) is 4.67. The van der Waals surface area contributed by atoms with Crippen molar-refractivity contribution in [1.29, 1.82) is 0 Å². The van der Waals surface area contributed by atoms with Crippen molar-refractivity contribution >= 4 is 15.9 Å². The van der Waals surface area contributed by atoms with Gasteiger partial charge in [-0.05, 0) is 31.5 Å². The van der Waals surface area contributed by atoms with E-state index in [-0.39, 0.29) is 0 Å². The number of nitrogens with two attached hydrogens (primary N) is 1. The standard InChI is InChI=1S/C9H10BrF2N/c10-7-3-4-8(11)9(12)6(7)2-1-5-13/h3-4H,1-2,5,13H2. The van der Waals surface area contributed by atoms with Crippen LogP contribution in [0.3, 0.4) is 0 Å². The average molecular weight is 250 g/mol. The minimum Gasteiger partial charge on any atom is -0.330 e. The fourth-order valence-corrected chi connectivity index (χ4v) is 1.58. The second-order valence-corrected chi connectivity index (χ2v) is 3.57. The Kier molecular flexibility index (Phi) is 3.81. The molecule has 72 valence electrons. The number of hydrogen-bond donors (Lipinski definition) is 1.